The Morgan fingerprint density at radius 1 is 1.42 bits per heavy atom. The minimum Gasteiger partial charge on any atom is -0.494 e. The van der Waals surface area contributed by atoms with Crippen molar-refractivity contribution in [1.82, 2.24) is 4.90 Å². The van der Waals surface area contributed by atoms with E-state index < -0.39 is 11.8 Å². The molecule has 0 aliphatic rings. The number of rotatable bonds is 6. The van der Waals surface area contributed by atoms with Gasteiger partial charge in [-0.05, 0) is 38.5 Å². The van der Waals surface area contributed by atoms with Crippen LogP contribution in [0.2, 0.25) is 0 Å². The third-order valence-corrected chi connectivity index (χ3v) is 3.14. The van der Waals surface area contributed by atoms with Crippen LogP contribution in [0, 0.1) is 5.82 Å². The highest BCUT2D eigenvalue weighted by molar-refractivity contribution is 5.69. The van der Waals surface area contributed by atoms with Gasteiger partial charge in [0.05, 0.1) is 13.7 Å². The first-order chi connectivity index (χ1) is 8.86. The molecular weight excluding hydrogens is 249 g/mol. The number of methoxy groups -OCH3 is 1. The molecule has 106 valence electrons. The lowest BCUT2D eigenvalue weighted by atomic mass is 10.0. The Morgan fingerprint density at radius 3 is 2.47 bits per heavy atom. The van der Waals surface area contributed by atoms with Crippen LogP contribution in [0.1, 0.15) is 32.4 Å². The number of hydrogen-bond acceptors (Lipinski definition) is 3. The fourth-order valence-electron chi connectivity index (χ4n) is 2.06. The van der Waals surface area contributed by atoms with Crippen LogP contribution < -0.4 is 4.74 Å². The van der Waals surface area contributed by atoms with E-state index in [9.17, 15) is 9.18 Å². The lowest BCUT2D eigenvalue weighted by Gasteiger charge is -2.31. The molecule has 0 saturated carbocycles. The Hall–Kier alpha value is -1.62. The molecule has 0 amide bonds. The van der Waals surface area contributed by atoms with E-state index in [-0.39, 0.29) is 24.4 Å². The summed E-state index contributed by atoms with van der Waals surface area (Å²) >= 11 is 0. The molecule has 5 heteroatoms. The highest BCUT2D eigenvalue weighted by Crippen LogP contribution is 2.26. The summed E-state index contributed by atoms with van der Waals surface area (Å²) in [5.74, 6) is -1.15. The molecule has 0 radical (unpaired) electrons. The van der Waals surface area contributed by atoms with Crippen LogP contribution in [0.25, 0.3) is 0 Å². The van der Waals surface area contributed by atoms with Crippen molar-refractivity contribution in [1.29, 1.82) is 0 Å². The van der Waals surface area contributed by atoms with Crippen molar-refractivity contribution in [3.63, 3.8) is 0 Å². The number of benzene rings is 1. The predicted molar refractivity (Wildman–Crippen MR) is 70.8 cm³/mol. The molecule has 1 atom stereocenters. The van der Waals surface area contributed by atoms with Gasteiger partial charge in [0.25, 0.3) is 0 Å². The smallest absolute Gasteiger partial charge is 0.317 e. The summed E-state index contributed by atoms with van der Waals surface area (Å²) in [4.78, 5) is 12.7. The first-order valence-electron chi connectivity index (χ1n) is 6.17. The topological polar surface area (TPSA) is 49.8 Å². The van der Waals surface area contributed by atoms with Gasteiger partial charge in [0, 0.05) is 12.1 Å². The molecule has 0 fully saturated rings. The average Bonchev–Trinajstić information content (AvgIpc) is 2.34. The molecule has 1 N–H and O–H groups in total. The van der Waals surface area contributed by atoms with Gasteiger partial charge in [0.15, 0.2) is 11.6 Å². The number of carboxylic acids is 1. The van der Waals surface area contributed by atoms with Gasteiger partial charge in [-0.25, -0.2) is 4.39 Å². The Morgan fingerprint density at radius 2 is 2.05 bits per heavy atom. The van der Waals surface area contributed by atoms with Crippen LogP contribution in [0.5, 0.6) is 5.75 Å². The number of aliphatic carboxylic acids is 1. The number of nitrogens with zero attached hydrogens (tertiary/aromatic N) is 1. The summed E-state index contributed by atoms with van der Waals surface area (Å²) < 4.78 is 18.5. The zero-order chi connectivity index (χ0) is 14.6. The Bertz CT molecular complexity index is 448. The molecule has 0 aliphatic carbocycles. The Kier molecular flexibility index (Phi) is 5.30. The van der Waals surface area contributed by atoms with E-state index in [0.29, 0.717) is 0 Å². The van der Waals surface area contributed by atoms with Gasteiger partial charge in [-0.3, -0.25) is 9.69 Å². The molecule has 1 rings (SSSR count). The fraction of sp³-hybridized carbons (Fsp3) is 0.500. The lowest BCUT2D eigenvalue weighted by Crippen LogP contribution is -2.37. The summed E-state index contributed by atoms with van der Waals surface area (Å²) in [6, 6.07) is 4.57. The monoisotopic (exact) mass is 269 g/mol. The molecule has 1 aromatic rings. The molecule has 0 aliphatic heterocycles. The maximum atomic E-state index is 13.7. The number of hydrogen-bond donors (Lipinski definition) is 1. The minimum absolute atomic E-state index is 0.0521. The van der Waals surface area contributed by atoms with Crippen molar-refractivity contribution in [2.24, 2.45) is 0 Å². The van der Waals surface area contributed by atoms with Crippen molar-refractivity contribution >= 4 is 5.97 Å². The molecule has 0 aromatic heterocycles. The van der Waals surface area contributed by atoms with Gasteiger partial charge in [-0.15, -0.1) is 0 Å². The summed E-state index contributed by atoms with van der Waals surface area (Å²) in [7, 11) is 1.41. The van der Waals surface area contributed by atoms with Crippen molar-refractivity contribution in [3.8, 4) is 5.75 Å². The van der Waals surface area contributed by atoms with E-state index in [2.05, 4.69) is 0 Å². The quantitative estimate of drug-likeness (QED) is 0.862. The van der Waals surface area contributed by atoms with E-state index in [1.807, 2.05) is 20.8 Å². The SMILES string of the molecule is COc1ccc(C(C)N(CC(=O)O)C(C)C)cc1F. The van der Waals surface area contributed by atoms with E-state index in [0.717, 1.165) is 5.56 Å². The van der Waals surface area contributed by atoms with Gasteiger partial charge < -0.3 is 9.84 Å². The Labute approximate surface area is 112 Å². The van der Waals surface area contributed by atoms with Crippen LogP contribution >= 0.6 is 0 Å². The molecule has 0 heterocycles. The van der Waals surface area contributed by atoms with Crippen LogP contribution in [-0.2, 0) is 4.79 Å². The molecule has 0 saturated heterocycles. The van der Waals surface area contributed by atoms with Crippen LogP contribution in [0.15, 0.2) is 18.2 Å². The molecule has 4 nitrogen and oxygen atoms in total. The second-order valence-electron chi connectivity index (χ2n) is 4.73. The highest BCUT2D eigenvalue weighted by atomic mass is 19.1. The second-order valence-corrected chi connectivity index (χ2v) is 4.73. The standard InChI is InChI=1S/C14H20FNO3/c1-9(2)16(8-14(17)18)10(3)11-5-6-13(19-4)12(15)7-11/h5-7,9-10H,8H2,1-4H3,(H,17,18). The van der Waals surface area contributed by atoms with Gasteiger partial charge in [-0.1, -0.05) is 6.07 Å². The zero-order valence-corrected chi connectivity index (χ0v) is 11.7. The van der Waals surface area contributed by atoms with Gasteiger partial charge in [-0.2, -0.15) is 0 Å². The summed E-state index contributed by atoms with van der Waals surface area (Å²) in [6.45, 7) is 5.62. The molecule has 1 aromatic carbocycles. The molecule has 0 spiro atoms. The van der Waals surface area contributed by atoms with E-state index in [4.69, 9.17) is 9.84 Å². The number of carbonyl (C=O) groups is 1. The maximum Gasteiger partial charge on any atom is 0.317 e. The lowest BCUT2D eigenvalue weighted by molar-refractivity contribution is -0.139. The molecular formula is C14H20FNO3. The van der Waals surface area contributed by atoms with E-state index >= 15 is 0 Å². The van der Waals surface area contributed by atoms with E-state index in [1.165, 1.54) is 13.2 Å². The third-order valence-electron chi connectivity index (χ3n) is 3.14. The summed E-state index contributed by atoms with van der Waals surface area (Å²) in [6.07, 6.45) is 0. The summed E-state index contributed by atoms with van der Waals surface area (Å²) in [5.41, 5.74) is 0.730. The third kappa shape index (κ3) is 3.92. The normalized spacial score (nSPS) is 12.8. The van der Waals surface area contributed by atoms with Gasteiger partial charge in [0.1, 0.15) is 0 Å². The van der Waals surface area contributed by atoms with E-state index in [1.54, 1.807) is 17.0 Å². The summed E-state index contributed by atoms with van der Waals surface area (Å²) in [5, 5.41) is 8.93. The van der Waals surface area contributed by atoms with Crippen LogP contribution in [0.4, 0.5) is 4.39 Å². The first kappa shape index (κ1) is 15.4. The fourth-order valence-corrected chi connectivity index (χ4v) is 2.06. The average molecular weight is 269 g/mol. The van der Waals surface area contributed by atoms with Gasteiger partial charge in [0.2, 0.25) is 0 Å². The predicted octanol–water partition coefficient (Wildman–Crippen LogP) is 2.69. The number of carboxylic acid groups (broad SMARTS) is 1. The van der Waals surface area contributed by atoms with Crippen LogP contribution in [-0.4, -0.2) is 35.7 Å². The first-order valence-corrected chi connectivity index (χ1v) is 6.17. The minimum atomic E-state index is -0.894. The molecule has 1 unspecified atom stereocenters. The van der Waals surface area contributed by atoms with Gasteiger partial charge >= 0.3 is 5.97 Å². The van der Waals surface area contributed by atoms with Crippen molar-refractivity contribution in [2.75, 3.05) is 13.7 Å². The van der Waals surface area contributed by atoms with Crippen molar-refractivity contribution < 1.29 is 19.0 Å². The van der Waals surface area contributed by atoms with Crippen molar-refractivity contribution in [3.05, 3.63) is 29.6 Å². The van der Waals surface area contributed by atoms with Crippen molar-refractivity contribution in [2.45, 2.75) is 32.9 Å². The van der Waals surface area contributed by atoms with Crippen LogP contribution in [0.3, 0.4) is 0 Å². The molecule has 0 bridgehead atoms. The maximum absolute atomic E-state index is 13.7. The largest absolute Gasteiger partial charge is 0.494 e. The number of halogens is 1. The zero-order valence-electron chi connectivity index (χ0n) is 11.7. The molecule has 19 heavy (non-hydrogen) atoms. The Balaban J connectivity index is 2.99. The number of ether oxygens (including phenoxy) is 1. The highest BCUT2D eigenvalue weighted by Gasteiger charge is 2.22. The second kappa shape index (κ2) is 6.52.